The maximum atomic E-state index is 13.3. The number of nitrogens with zero attached hydrogens (tertiary/aromatic N) is 4. The number of rotatable bonds is 6. The van der Waals surface area contributed by atoms with Crippen LogP contribution in [0, 0.1) is 0 Å². The molecule has 3 N–H and O–H groups in total. The van der Waals surface area contributed by atoms with E-state index in [1.165, 1.54) is 29.2 Å². The molecule has 0 aliphatic rings. The van der Waals surface area contributed by atoms with Crippen molar-refractivity contribution in [2.24, 2.45) is 0 Å². The van der Waals surface area contributed by atoms with Crippen LogP contribution in [-0.2, 0) is 12.6 Å². The number of carbonyl (C=O) groups is 1. The van der Waals surface area contributed by atoms with Crippen molar-refractivity contribution in [1.82, 2.24) is 29.9 Å². The maximum absolute atomic E-state index is 13.3. The van der Waals surface area contributed by atoms with E-state index in [2.05, 4.69) is 30.8 Å². The van der Waals surface area contributed by atoms with E-state index in [4.69, 9.17) is 0 Å². The first-order valence-electron chi connectivity index (χ1n) is 9.95. The smallest absolute Gasteiger partial charge is 0.352 e. The van der Waals surface area contributed by atoms with Crippen molar-refractivity contribution in [2.45, 2.75) is 26.4 Å². The van der Waals surface area contributed by atoms with Crippen LogP contribution in [0.1, 0.15) is 35.5 Å². The van der Waals surface area contributed by atoms with Gasteiger partial charge in [0.25, 0.3) is 5.91 Å². The topological polar surface area (TPSA) is 100 Å². The minimum atomic E-state index is -4.60. The quantitative estimate of drug-likeness (QED) is 0.415. The molecule has 0 aliphatic heterocycles. The van der Waals surface area contributed by atoms with Gasteiger partial charge in [-0.15, -0.1) is 0 Å². The van der Waals surface area contributed by atoms with E-state index in [1.54, 1.807) is 12.1 Å². The molecule has 0 spiro atoms. The van der Waals surface area contributed by atoms with Crippen LogP contribution in [0.3, 0.4) is 0 Å². The van der Waals surface area contributed by atoms with Gasteiger partial charge in [0.1, 0.15) is 0 Å². The van der Waals surface area contributed by atoms with Gasteiger partial charge in [-0.3, -0.25) is 14.3 Å². The third-order valence-electron chi connectivity index (χ3n) is 4.94. The van der Waals surface area contributed by atoms with E-state index in [0.717, 1.165) is 5.56 Å². The van der Waals surface area contributed by atoms with E-state index in [-0.39, 0.29) is 17.2 Å². The molecule has 1 amide bonds. The van der Waals surface area contributed by atoms with E-state index < -0.39 is 11.9 Å². The fourth-order valence-electron chi connectivity index (χ4n) is 3.49. The molecule has 0 fully saturated rings. The highest BCUT2D eigenvalue weighted by molar-refractivity contribution is 5.96. The largest absolute Gasteiger partial charge is 0.435 e. The lowest BCUT2D eigenvalue weighted by Gasteiger charge is -2.12. The second-order valence-corrected chi connectivity index (χ2v) is 6.97. The van der Waals surface area contributed by atoms with Gasteiger partial charge in [0.05, 0.1) is 17.5 Å². The average Bonchev–Trinajstić information content (AvgIpc) is 3.41. The Bertz CT molecular complexity index is 1280. The molecular formula is C21H20F3N7O. The third-order valence-corrected chi connectivity index (χ3v) is 4.94. The zero-order valence-electron chi connectivity index (χ0n) is 17.3. The van der Waals surface area contributed by atoms with Crippen LogP contribution in [-0.4, -0.2) is 37.0 Å². The molecule has 0 saturated carbocycles. The Balaban J connectivity index is 1.70. The summed E-state index contributed by atoms with van der Waals surface area (Å²) in [6.45, 7) is 4.33. The number of aryl methyl sites for hydroxylation is 1. The number of hydrogen-bond acceptors (Lipinski definition) is 5. The lowest BCUT2D eigenvalue weighted by molar-refractivity contribution is -0.140. The molecule has 3 heterocycles. The summed E-state index contributed by atoms with van der Waals surface area (Å²) in [5.41, 5.74) is 1.58. The van der Waals surface area contributed by atoms with Crippen LogP contribution in [0.25, 0.3) is 16.9 Å². The predicted molar refractivity (Wildman–Crippen MR) is 113 cm³/mol. The second kappa shape index (κ2) is 8.33. The number of H-pyrrole nitrogens is 1. The molecule has 0 unspecified atom stereocenters. The van der Waals surface area contributed by atoms with Crippen LogP contribution >= 0.6 is 0 Å². The number of alkyl halides is 3. The van der Waals surface area contributed by atoms with Crippen molar-refractivity contribution in [2.75, 3.05) is 11.9 Å². The first-order chi connectivity index (χ1) is 15.3. The lowest BCUT2D eigenvalue weighted by Crippen LogP contribution is -2.23. The molecule has 0 atom stereocenters. The van der Waals surface area contributed by atoms with E-state index >= 15 is 0 Å². The lowest BCUT2D eigenvalue weighted by atomic mass is 10.0. The monoisotopic (exact) mass is 443 g/mol. The molecule has 0 radical (unpaired) electrons. The molecule has 1 aromatic carbocycles. The minimum Gasteiger partial charge on any atom is -0.352 e. The molecular weight excluding hydrogens is 423 g/mol. The molecule has 8 nitrogen and oxygen atoms in total. The van der Waals surface area contributed by atoms with Crippen LogP contribution < -0.4 is 10.6 Å². The standard InChI is InChI=1S/C21H20F3N7O/c1-3-12-9-13(5-6-14(12)20(32)25-4-2)29-18-19-27-11-16(31(19)8-7-26-18)15-10-28-30-17(15)21(22,23)24/h5-11H,3-4H2,1-2H3,(H,25,32)(H,26,29)(H,28,30). The molecule has 4 aromatic rings. The second-order valence-electron chi connectivity index (χ2n) is 6.97. The fourth-order valence-corrected chi connectivity index (χ4v) is 3.49. The highest BCUT2D eigenvalue weighted by Gasteiger charge is 2.37. The van der Waals surface area contributed by atoms with Crippen molar-refractivity contribution < 1.29 is 18.0 Å². The average molecular weight is 443 g/mol. The van der Waals surface area contributed by atoms with E-state index in [0.29, 0.717) is 35.7 Å². The van der Waals surface area contributed by atoms with Crippen molar-refractivity contribution >= 4 is 23.1 Å². The number of carbonyl (C=O) groups excluding carboxylic acids is 1. The number of halogens is 3. The van der Waals surface area contributed by atoms with Gasteiger partial charge in [-0.05, 0) is 37.1 Å². The summed E-state index contributed by atoms with van der Waals surface area (Å²) in [7, 11) is 0. The van der Waals surface area contributed by atoms with Gasteiger partial charge in [0.2, 0.25) is 0 Å². The number of amides is 1. The molecule has 0 bridgehead atoms. The number of benzene rings is 1. The Morgan fingerprint density at radius 2 is 2.03 bits per heavy atom. The maximum Gasteiger partial charge on any atom is 0.435 e. The SMILES string of the molecule is CCNC(=O)c1ccc(Nc2nccn3c(-c4c[nH]nc4C(F)(F)F)cnc23)cc1CC. The normalized spacial score (nSPS) is 11.7. The summed E-state index contributed by atoms with van der Waals surface area (Å²) in [5.74, 6) is 0.221. The number of hydrogen-bond donors (Lipinski definition) is 3. The van der Waals surface area contributed by atoms with Gasteiger partial charge in [0, 0.05) is 36.4 Å². The molecule has 0 aliphatic carbocycles. The number of anilines is 2. The predicted octanol–water partition coefficient (Wildman–Crippen LogP) is 4.19. The van der Waals surface area contributed by atoms with Crippen LogP contribution in [0.4, 0.5) is 24.7 Å². The summed E-state index contributed by atoms with van der Waals surface area (Å²) in [4.78, 5) is 20.8. The fraction of sp³-hybridized carbons (Fsp3) is 0.238. The summed E-state index contributed by atoms with van der Waals surface area (Å²) in [6.07, 6.45) is 1.58. The third kappa shape index (κ3) is 3.88. The van der Waals surface area contributed by atoms with Crippen molar-refractivity contribution in [3.63, 3.8) is 0 Å². The number of aromatic nitrogens is 5. The summed E-state index contributed by atoms with van der Waals surface area (Å²) in [5, 5.41) is 11.6. The zero-order valence-corrected chi connectivity index (χ0v) is 17.3. The Morgan fingerprint density at radius 3 is 2.75 bits per heavy atom. The summed E-state index contributed by atoms with van der Waals surface area (Å²) in [6, 6.07) is 5.32. The van der Waals surface area contributed by atoms with Gasteiger partial charge >= 0.3 is 6.18 Å². The van der Waals surface area contributed by atoms with Crippen molar-refractivity contribution in [1.29, 1.82) is 0 Å². The molecule has 4 rings (SSSR count). The Labute approximate surface area is 180 Å². The number of nitrogens with one attached hydrogen (secondary N) is 3. The van der Waals surface area contributed by atoms with E-state index in [1.807, 2.05) is 19.9 Å². The molecule has 3 aromatic heterocycles. The van der Waals surface area contributed by atoms with Crippen LogP contribution in [0.2, 0.25) is 0 Å². The summed E-state index contributed by atoms with van der Waals surface area (Å²) < 4.78 is 41.4. The van der Waals surface area contributed by atoms with Gasteiger partial charge < -0.3 is 10.6 Å². The highest BCUT2D eigenvalue weighted by Crippen LogP contribution is 2.36. The Kier molecular flexibility index (Phi) is 5.56. The van der Waals surface area contributed by atoms with Gasteiger partial charge in [-0.1, -0.05) is 6.92 Å². The molecule has 166 valence electrons. The Hall–Kier alpha value is -3.89. The first kappa shape index (κ1) is 21.3. The number of aromatic amines is 1. The Morgan fingerprint density at radius 1 is 1.22 bits per heavy atom. The zero-order chi connectivity index (χ0) is 22.9. The minimum absolute atomic E-state index is 0.110. The molecule has 11 heteroatoms. The number of fused-ring (bicyclic) bond motifs is 1. The first-order valence-corrected chi connectivity index (χ1v) is 9.95. The van der Waals surface area contributed by atoms with Gasteiger partial charge in [0.15, 0.2) is 17.2 Å². The van der Waals surface area contributed by atoms with Crippen molar-refractivity contribution in [3.05, 3.63) is 59.8 Å². The van der Waals surface area contributed by atoms with Gasteiger partial charge in [-0.2, -0.15) is 18.3 Å². The van der Waals surface area contributed by atoms with E-state index in [9.17, 15) is 18.0 Å². The van der Waals surface area contributed by atoms with Crippen LogP contribution in [0.15, 0.2) is 43.0 Å². The molecule has 32 heavy (non-hydrogen) atoms. The number of imidazole rings is 1. The highest BCUT2D eigenvalue weighted by atomic mass is 19.4. The van der Waals surface area contributed by atoms with Crippen molar-refractivity contribution in [3.8, 4) is 11.3 Å². The van der Waals surface area contributed by atoms with Crippen LogP contribution in [0.5, 0.6) is 0 Å². The summed E-state index contributed by atoms with van der Waals surface area (Å²) >= 11 is 0. The molecule has 0 saturated heterocycles. The van der Waals surface area contributed by atoms with Gasteiger partial charge in [-0.25, -0.2) is 9.97 Å².